The second-order valence-corrected chi connectivity index (χ2v) is 5.32. The lowest BCUT2D eigenvalue weighted by atomic mass is 9.75. The van der Waals surface area contributed by atoms with E-state index in [0.29, 0.717) is 11.7 Å². The van der Waals surface area contributed by atoms with Crippen LogP contribution < -0.4 is 17.0 Å². The SMILES string of the molecule is CCC1CCCC(C(NN)c2cccnc2N)C1. The Bertz CT molecular complexity index is 380. The van der Waals surface area contributed by atoms with Gasteiger partial charge in [0.15, 0.2) is 0 Å². The van der Waals surface area contributed by atoms with Crippen LogP contribution in [0, 0.1) is 11.8 Å². The minimum Gasteiger partial charge on any atom is -0.383 e. The van der Waals surface area contributed by atoms with Crippen molar-refractivity contribution in [3.05, 3.63) is 23.9 Å². The van der Waals surface area contributed by atoms with Crippen molar-refractivity contribution in [1.29, 1.82) is 0 Å². The number of anilines is 1. The summed E-state index contributed by atoms with van der Waals surface area (Å²) < 4.78 is 0. The Morgan fingerprint density at radius 2 is 2.33 bits per heavy atom. The first-order valence-electron chi connectivity index (χ1n) is 6.92. The van der Waals surface area contributed by atoms with Gasteiger partial charge in [0.05, 0.1) is 6.04 Å². The quantitative estimate of drug-likeness (QED) is 0.565. The molecule has 0 saturated heterocycles. The molecule has 0 bridgehead atoms. The number of nitrogens with one attached hydrogen (secondary N) is 1. The van der Waals surface area contributed by atoms with Crippen LogP contribution in [0.15, 0.2) is 18.3 Å². The van der Waals surface area contributed by atoms with Crippen LogP contribution in [0.4, 0.5) is 5.82 Å². The Balaban J connectivity index is 2.15. The first-order valence-corrected chi connectivity index (χ1v) is 6.92. The number of rotatable bonds is 4. The summed E-state index contributed by atoms with van der Waals surface area (Å²) in [5, 5.41) is 0. The molecule has 0 radical (unpaired) electrons. The summed E-state index contributed by atoms with van der Waals surface area (Å²) in [4.78, 5) is 4.16. The molecule has 1 aromatic heterocycles. The van der Waals surface area contributed by atoms with Gasteiger partial charge in [-0.25, -0.2) is 4.98 Å². The number of aromatic nitrogens is 1. The highest BCUT2D eigenvalue weighted by atomic mass is 15.2. The summed E-state index contributed by atoms with van der Waals surface area (Å²) in [6, 6.07) is 4.09. The number of hydrogen-bond donors (Lipinski definition) is 3. The molecule has 1 aromatic rings. The summed E-state index contributed by atoms with van der Waals surface area (Å²) in [6.45, 7) is 2.27. The molecule has 3 atom stereocenters. The fourth-order valence-corrected chi connectivity index (χ4v) is 3.18. The predicted octanol–water partition coefficient (Wildman–Crippen LogP) is 2.38. The van der Waals surface area contributed by atoms with Gasteiger partial charge in [-0.1, -0.05) is 32.3 Å². The standard InChI is InChI=1S/C14H24N4/c1-2-10-5-3-6-11(9-10)13(18-16)12-7-4-8-17-14(12)15/h4,7-8,10-11,13,18H,2-3,5-6,9,16H2,1H3,(H2,15,17). The Hall–Kier alpha value is -1.13. The van der Waals surface area contributed by atoms with Crippen LogP contribution >= 0.6 is 0 Å². The molecule has 1 saturated carbocycles. The number of hydrazine groups is 1. The van der Waals surface area contributed by atoms with Gasteiger partial charge in [-0.3, -0.25) is 11.3 Å². The molecule has 3 unspecified atom stereocenters. The highest BCUT2D eigenvalue weighted by Gasteiger charge is 2.29. The highest BCUT2D eigenvalue weighted by Crippen LogP contribution is 2.38. The van der Waals surface area contributed by atoms with E-state index in [-0.39, 0.29) is 6.04 Å². The lowest BCUT2D eigenvalue weighted by molar-refractivity contribution is 0.210. The van der Waals surface area contributed by atoms with E-state index in [9.17, 15) is 0 Å². The summed E-state index contributed by atoms with van der Waals surface area (Å²) in [5.41, 5.74) is 9.96. The van der Waals surface area contributed by atoms with Crippen molar-refractivity contribution in [1.82, 2.24) is 10.4 Å². The monoisotopic (exact) mass is 248 g/mol. The Labute approximate surface area is 109 Å². The summed E-state index contributed by atoms with van der Waals surface area (Å²) >= 11 is 0. The van der Waals surface area contributed by atoms with Gasteiger partial charge in [0, 0.05) is 11.8 Å². The second-order valence-electron chi connectivity index (χ2n) is 5.32. The third-order valence-electron chi connectivity index (χ3n) is 4.26. The molecule has 18 heavy (non-hydrogen) atoms. The van der Waals surface area contributed by atoms with Crippen molar-refractivity contribution in [2.45, 2.75) is 45.1 Å². The van der Waals surface area contributed by atoms with E-state index in [1.165, 1.54) is 32.1 Å². The number of nitrogens with two attached hydrogens (primary N) is 2. The zero-order valence-corrected chi connectivity index (χ0v) is 11.1. The van der Waals surface area contributed by atoms with E-state index in [2.05, 4.69) is 17.3 Å². The molecule has 2 rings (SSSR count). The van der Waals surface area contributed by atoms with E-state index < -0.39 is 0 Å². The van der Waals surface area contributed by atoms with Gasteiger partial charge in [-0.2, -0.15) is 0 Å². The Morgan fingerprint density at radius 1 is 1.50 bits per heavy atom. The van der Waals surface area contributed by atoms with Gasteiger partial charge in [-0.05, 0) is 30.7 Å². The molecular formula is C14H24N4. The van der Waals surface area contributed by atoms with Crippen molar-refractivity contribution in [2.24, 2.45) is 17.7 Å². The minimum absolute atomic E-state index is 0.132. The topological polar surface area (TPSA) is 77.0 Å². The van der Waals surface area contributed by atoms with Crippen LogP contribution in [0.3, 0.4) is 0 Å². The molecule has 1 aliphatic carbocycles. The Kier molecular flexibility index (Phi) is 4.55. The average molecular weight is 248 g/mol. The van der Waals surface area contributed by atoms with Crippen LogP contribution in [0.25, 0.3) is 0 Å². The normalized spacial score (nSPS) is 25.9. The molecule has 0 spiro atoms. The predicted molar refractivity (Wildman–Crippen MR) is 74.5 cm³/mol. The Morgan fingerprint density at radius 3 is 3.00 bits per heavy atom. The average Bonchev–Trinajstić information content (AvgIpc) is 2.42. The van der Waals surface area contributed by atoms with E-state index >= 15 is 0 Å². The molecule has 4 heteroatoms. The molecule has 1 aliphatic rings. The fraction of sp³-hybridized carbons (Fsp3) is 0.643. The molecule has 1 fully saturated rings. The van der Waals surface area contributed by atoms with Crippen molar-refractivity contribution in [3.63, 3.8) is 0 Å². The maximum absolute atomic E-state index is 5.96. The first kappa shape index (κ1) is 13.3. The summed E-state index contributed by atoms with van der Waals surface area (Å²) in [7, 11) is 0. The van der Waals surface area contributed by atoms with E-state index in [0.717, 1.165) is 11.5 Å². The number of nitrogens with zero attached hydrogens (tertiary/aromatic N) is 1. The van der Waals surface area contributed by atoms with Gasteiger partial charge >= 0.3 is 0 Å². The van der Waals surface area contributed by atoms with E-state index in [1.54, 1.807) is 6.20 Å². The fourth-order valence-electron chi connectivity index (χ4n) is 3.18. The summed E-state index contributed by atoms with van der Waals surface area (Å²) in [5.74, 6) is 7.76. The zero-order chi connectivity index (χ0) is 13.0. The molecule has 0 amide bonds. The molecule has 5 N–H and O–H groups in total. The highest BCUT2D eigenvalue weighted by molar-refractivity contribution is 5.41. The van der Waals surface area contributed by atoms with E-state index in [4.69, 9.17) is 11.6 Å². The maximum atomic E-state index is 5.96. The van der Waals surface area contributed by atoms with Crippen molar-refractivity contribution < 1.29 is 0 Å². The number of pyridine rings is 1. The lowest BCUT2D eigenvalue weighted by Crippen LogP contribution is -2.36. The lowest BCUT2D eigenvalue weighted by Gasteiger charge is -2.34. The van der Waals surface area contributed by atoms with Crippen molar-refractivity contribution in [2.75, 3.05) is 5.73 Å². The maximum Gasteiger partial charge on any atom is 0.128 e. The minimum atomic E-state index is 0.132. The number of nitrogen functional groups attached to an aromatic ring is 1. The van der Waals surface area contributed by atoms with Crippen molar-refractivity contribution >= 4 is 5.82 Å². The van der Waals surface area contributed by atoms with Gasteiger partial charge in [-0.15, -0.1) is 0 Å². The van der Waals surface area contributed by atoms with Gasteiger partial charge < -0.3 is 5.73 Å². The van der Waals surface area contributed by atoms with Crippen LogP contribution in [0.5, 0.6) is 0 Å². The van der Waals surface area contributed by atoms with Crippen LogP contribution in [0.1, 0.15) is 50.6 Å². The number of hydrogen-bond acceptors (Lipinski definition) is 4. The zero-order valence-electron chi connectivity index (χ0n) is 11.1. The smallest absolute Gasteiger partial charge is 0.128 e. The summed E-state index contributed by atoms with van der Waals surface area (Å²) in [6.07, 6.45) is 8.09. The van der Waals surface area contributed by atoms with Crippen LogP contribution in [-0.2, 0) is 0 Å². The van der Waals surface area contributed by atoms with Crippen LogP contribution in [-0.4, -0.2) is 4.98 Å². The van der Waals surface area contributed by atoms with Crippen molar-refractivity contribution in [3.8, 4) is 0 Å². The molecule has 100 valence electrons. The first-order chi connectivity index (χ1) is 8.76. The molecule has 0 aromatic carbocycles. The third kappa shape index (κ3) is 2.82. The molecule has 1 heterocycles. The molecular weight excluding hydrogens is 224 g/mol. The van der Waals surface area contributed by atoms with Gasteiger partial charge in [0.25, 0.3) is 0 Å². The van der Waals surface area contributed by atoms with Gasteiger partial charge in [0.1, 0.15) is 5.82 Å². The van der Waals surface area contributed by atoms with Gasteiger partial charge in [0.2, 0.25) is 0 Å². The molecule has 4 nitrogen and oxygen atoms in total. The second kappa shape index (κ2) is 6.16. The third-order valence-corrected chi connectivity index (χ3v) is 4.26. The largest absolute Gasteiger partial charge is 0.383 e. The molecule has 0 aliphatic heterocycles. The van der Waals surface area contributed by atoms with E-state index in [1.807, 2.05) is 12.1 Å². The van der Waals surface area contributed by atoms with Crippen LogP contribution in [0.2, 0.25) is 0 Å².